The van der Waals surface area contributed by atoms with E-state index in [9.17, 15) is 14.5 Å². The monoisotopic (exact) mass is 236 g/mol. The van der Waals surface area contributed by atoms with Crippen LogP contribution in [0.5, 0.6) is 0 Å². The summed E-state index contributed by atoms with van der Waals surface area (Å²) < 4.78 is 13.7. The average molecular weight is 236 g/mol. The first-order valence-corrected chi connectivity index (χ1v) is 5.31. The molecule has 2 aromatic rings. The Bertz CT molecular complexity index is 575. The van der Waals surface area contributed by atoms with E-state index in [1.807, 2.05) is 0 Å². The van der Waals surface area contributed by atoms with Crippen molar-refractivity contribution in [3.8, 4) is 0 Å². The molecule has 0 fully saturated rings. The maximum atomic E-state index is 13.7. The first-order chi connectivity index (χ1) is 7.92. The van der Waals surface area contributed by atoms with E-state index in [1.165, 1.54) is 19.9 Å². The third-order valence-electron chi connectivity index (χ3n) is 2.85. The molecule has 4 nitrogen and oxygen atoms in total. The topological polar surface area (TPSA) is 58.9 Å². The Labute approximate surface area is 97.6 Å². The van der Waals surface area contributed by atoms with Crippen molar-refractivity contribution < 1.29 is 9.31 Å². The van der Waals surface area contributed by atoms with Gasteiger partial charge in [-0.3, -0.25) is 10.1 Å². The lowest BCUT2D eigenvalue weighted by molar-refractivity contribution is -0.560. The quantitative estimate of drug-likeness (QED) is 0.658. The number of H-pyrrole nitrogens is 1. The summed E-state index contributed by atoms with van der Waals surface area (Å²) >= 11 is 0. The minimum atomic E-state index is -1.10. The summed E-state index contributed by atoms with van der Waals surface area (Å²) in [5.74, 6) is -0.349. The zero-order valence-electron chi connectivity index (χ0n) is 9.66. The number of nitrogens with one attached hydrogen (secondary N) is 1. The van der Waals surface area contributed by atoms with Gasteiger partial charge in [-0.15, -0.1) is 0 Å². The molecule has 0 atom stereocenters. The van der Waals surface area contributed by atoms with Crippen LogP contribution in [0.4, 0.5) is 4.39 Å². The van der Waals surface area contributed by atoms with Gasteiger partial charge in [0.15, 0.2) is 0 Å². The van der Waals surface area contributed by atoms with Crippen molar-refractivity contribution in [2.24, 2.45) is 0 Å². The standard InChI is InChI=1S/C12H13FN2O2/c1-12(2,15(16)17)6-8-7-14-10-5-3-4-9(13)11(8)10/h3-5,7,14H,6H2,1-2H3. The van der Waals surface area contributed by atoms with E-state index in [1.54, 1.807) is 18.3 Å². The van der Waals surface area contributed by atoms with Gasteiger partial charge in [0.25, 0.3) is 0 Å². The van der Waals surface area contributed by atoms with Gasteiger partial charge in [0.1, 0.15) is 5.82 Å². The van der Waals surface area contributed by atoms with Crippen molar-refractivity contribution in [1.82, 2.24) is 4.98 Å². The molecule has 17 heavy (non-hydrogen) atoms. The van der Waals surface area contributed by atoms with Crippen molar-refractivity contribution in [2.45, 2.75) is 25.8 Å². The molecule has 1 heterocycles. The summed E-state index contributed by atoms with van der Waals surface area (Å²) in [6.45, 7) is 3.07. The van der Waals surface area contributed by atoms with Gasteiger partial charge in [-0.25, -0.2) is 4.39 Å². The van der Waals surface area contributed by atoms with Crippen LogP contribution in [0.2, 0.25) is 0 Å². The lowest BCUT2D eigenvalue weighted by Gasteiger charge is -2.14. The number of hydrogen-bond donors (Lipinski definition) is 1. The van der Waals surface area contributed by atoms with Gasteiger partial charge in [-0.05, 0) is 17.7 Å². The number of aromatic amines is 1. The number of hydrogen-bond acceptors (Lipinski definition) is 2. The minimum absolute atomic E-state index is 0.195. The molecule has 1 N–H and O–H groups in total. The van der Waals surface area contributed by atoms with Crippen molar-refractivity contribution >= 4 is 10.9 Å². The van der Waals surface area contributed by atoms with Crippen LogP contribution >= 0.6 is 0 Å². The maximum absolute atomic E-state index is 13.7. The summed E-state index contributed by atoms with van der Waals surface area (Å²) in [4.78, 5) is 13.5. The van der Waals surface area contributed by atoms with Crippen LogP contribution in [0.3, 0.4) is 0 Å². The SMILES string of the molecule is CC(C)(Cc1c[nH]c2cccc(F)c12)[N+](=O)[O-]. The molecular weight excluding hydrogens is 223 g/mol. The molecule has 1 aromatic heterocycles. The Balaban J connectivity index is 2.47. The molecule has 0 saturated carbocycles. The highest BCUT2D eigenvalue weighted by Crippen LogP contribution is 2.25. The van der Waals surface area contributed by atoms with Gasteiger partial charge >= 0.3 is 0 Å². The number of benzene rings is 1. The second-order valence-corrected chi connectivity index (χ2v) is 4.72. The first-order valence-electron chi connectivity index (χ1n) is 5.31. The van der Waals surface area contributed by atoms with Crippen molar-refractivity contribution in [3.05, 3.63) is 45.9 Å². The lowest BCUT2D eigenvalue weighted by atomic mass is 9.95. The Kier molecular flexibility index (Phi) is 2.61. The van der Waals surface area contributed by atoms with Gasteiger partial charge in [-0.1, -0.05) is 6.07 Å². The number of rotatable bonds is 3. The molecule has 90 valence electrons. The van der Waals surface area contributed by atoms with Crippen LogP contribution < -0.4 is 0 Å². The van der Waals surface area contributed by atoms with Gasteiger partial charge < -0.3 is 4.98 Å². The highest BCUT2D eigenvalue weighted by atomic mass is 19.1. The molecular formula is C12H13FN2O2. The number of aromatic nitrogens is 1. The molecule has 0 spiro atoms. The summed E-state index contributed by atoms with van der Waals surface area (Å²) in [6.07, 6.45) is 1.83. The van der Waals surface area contributed by atoms with E-state index in [2.05, 4.69) is 4.98 Å². The molecule has 0 radical (unpaired) electrons. The van der Waals surface area contributed by atoms with Crippen molar-refractivity contribution in [2.75, 3.05) is 0 Å². The number of fused-ring (bicyclic) bond motifs is 1. The Hall–Kier alpha value is -1.91. The Morgan fingerprint density at radius 2 is 2.18 bits per heavy atom. The van der Waals surface area contributed by atoms with Crippen LogP contribution in [0.25, 0.3) is 10.9 Å². The number of nitro groups is 1. The van der Waals surface area contributed by atoms with E-state index in [0.29, 0.717) is 16.5 Å². The molecule has 0 aliphatic heterocycles. The highest BCUT2D eigenvalue weighted by molar-refractivity contribution is 5.83. The van der Waals surface area contributed by atoms with Gasteiger partial charge in [0.05, 0.1) is 0 Å². The Morgan fingerprint density at radius 1 is 1.47 bits per heavy atom. The molecule has 0 amide bonds. The highest BCUT2D eigenvalue weighted by Gasteiger charge is 2.32. The zero-order chi connectivity index (χ0) is 12.6. The molecule has 0 aliphatic carbocycles. The first kappa shape index (κ1) is 11.6. The van der Waals surface area contributed by atoms with E-state index in [0.717, 1.165) is 0 Å². The number of nitrogens with zero attached hydrogens (tertiary/aromatic N) is 1. The second kappa shape index (κ2) is 3.84. The predicted octanol–water partition coefficient (Wildman–Crippen LogP) is 2.90. The summed E-state index contributed by atoms with van der Waals surface area (Å²) in [7, 11) is 0. The molecule has 0 bridgehead atoms. The van der Waals surface area contributed by atoms with Crippen LogP contribution in [0.15, 0.2) is 24.4 Å². The van der Waals surface area contributed by atoms with Crippen LogP contribution in [0.1, 0.15) is 19.4 Å². The molecule has 1 aromatic carbocycles. The average Bonchev–Trinajstić information content (AvgIpc) is 2.62. The van der Waals surface area contributed by atoms with Gasteiger partial charge in [0.2, 0.25) is 5.54 Å². The maximum Gasteiger partial charge on any atom is 0.220 e. The van der Waals surface area contributed by atoms with E-state index in [4.69, 9.17) is 0 Å². The van der Waals surface area contributed by atoms with Crippen molar-refractivity contribution in [1.29, 1.82) is 0 Å². The van der Waals surface area contributed by atoms with Crippen LogP contribution in [-0.2, 0) is 6.42 Å². The third-order valence-corrected chi connectivity index (χ3v) is 2.85. The molecule has 0 aliphatic rings. The summed E-state index contributed by atoms with van der Waals surface area (Å²) in [6, 6.07) is 4.72. The summed E-state index contributed by atoms with van der Waals surface area (Å²) in [5.41, 5.74) is 0.205. The summed E-state index contributed by atoms with van der Waals surface area (Å²) in [5, 5.41) is 11.3. The normalized spacial score (nSPS) is 11.9. The Morgan fingerprint density at radius 3 is 2.82 bits per heavy atom. The van der Waals surface area contributed by atoms with Gasteiger partial charge in [0, 0.05) is 42.3 Å². The fraction of sp³-hybridized carbons (Fsp3) is 0.333. The van der Waals surface area contributed by atoms with Crippen LogP contribution in [-0.4, -0.2) is 15.4 Å². The molecule has 0 saturated heterocycles. The largest absolute Gasteiger partial charge is 0.361 e. The van der Waals surface area contributed by atoms with Gasteiger partial charge in [-0.2, -0.15) is 0 Å². The molecule has 0 unspecified atom stereocenters. The minimum Gasteiger partial charge on any atom is -0.361 e. The predicted molar refractivity (Wildman–Crippen MR) is 63.0 cm³/mol. The fourth-order valence-electron chi connectivity index (χ4n) is 1.88. The molecule has 2 rings (SSSR count). The fourth-order valence-corrected chi connectivity index (χ4v) is 1.88. The lowest BCUT2D eigenvalue weighted by Crippen LogP contribution is -2.33. The third kappa shape index (κ3) is 2.00. The second-order valence-electron chi connectivity index (χ2n) is 4.72. The zero-order valence-corrected chi connectivity index (χ0v) is 9.66. The smallest absolute Gasteiger partial charge is 0.220 e. The van der Waals surface area contributed by atoms with Crippen molar-refractivity contribution in [3.63, 3.8) is 0 Å². The van der Waals surface area contributed by atoms with Crippen LogP contribution in [0, 0.1) is 15.9 Å². The van der Waals surface area contributed by atoms with E-state index < -0.39 is 5.54 Å². The van der Waals surface area contributed by atoms with E-state index in [-0.39, 0.29) is 17.2 Å². The number of halogens is 1. The molecule has 5 heteroatoms. The van der Waals surface area contributed by atoms with E-state index >= 15 is 0 Å².